The molecule has 1 aromatic heterocycles. The van der Waals surface area contributed by atoms with Gasteiger partial charge in [-0.15, -0.1) is 0 Å². The van der Waals surface area contributed by atoms with Crippen LogP contribution >= 0.6 is 0 Å². The smallest absolute Gasteiger partial charge is 0.408 e. The first-order valence-electron chi connectivity index (χ1n) is 7.56. The molecule has 2 N–H and O–H groups in total. The van der Waals surface area contributed by atoms with E-state index in [2.05, 4.69) is 9.71 Å². The van der Waals surface area contributed by atoms with Crippen molar-refractivity contribution in [2.45, 2.75) is 19.1 Å². The molecule has 3 rings (SSSR count). The number of oxazole rings is 1. The highest BCUT2D eigenvalue weighted by Gasteiger charge is 2.12. The number of sulfonamides is 1. The molecule has 0 atom stereocenters. The summed E-state index contributed by atoms with van der Waals surface area (Å²) in [5.74, 6) is -0.535. The summed E-state index contributed by atoms with van der Waals surface area (Å²) in [7, 11) is -3.40. The van der Waals surface area contributed by atoms with Crippen molar-refractivity contribution >= 4 is 21.1 Å². The number of hydrogen-bond donors (Lipinski definition) is 2. The topological polar surface area (TPSA) is 92.2 Å². The van der Waals surface area contributed by atoms with Gasteiger partial charge in [-0.25, -0.2) is 17.9 Å². The molecule has 0 aliphatic rings. The summed E-state index contributed by atoms with van der Waals surface area (Å²) in [5, 5.41) is 0. The van der Waals surface area contributed by atoms with Crippen molar-refractivity contribution in [1.82, 2.24) is 9.71 Å². The van der Waals surface area contributed by atoms with E-state index < -0.39 is 15.8 Å². The minimum Gasteiger partial charge on any atom is -0.408 e. The highest BCUT2D eigenvalue weighted by atomic mass is 32.2. The zero-order valence-electron chi connectivity index (χ0n) is 13.2. The third-order valence-corrected chi connectivity index (χ3v) is 5.16. The fraction of sp³-hybridized carbons (Fsp3) is 0.235. The SMILES string of the molecule is Cc1ccccc1CS(=O)(=O)NCCc1ccc2[nH]c(=O)oc2c1. The molecule has 0 fully saturated rings. The Labute approximate surface area is 139 Å². The van der Waals surface area contributed by atoms with E-state index >= 15 is 0 Å². The van der Waals surface area contributed by atoms with Gasteiger partial charge < -0.3 is 4.42 Å². The van der Waals surface area contributed by atoms with Crippen LogP contribution in [0.5, 0.6) is 0 Å². The van der Waals surface area contributed by atoms with Crippen molar-refractivity contribution in [1.29, 1.82) is 0 Å². The summed E-state index contributed by atoms with van der Waals surface area (Å²) in [6.45, 7) is 2.18. The maximum atomic E-state index is 12.2. The minimum atomic E-state index is -3.40. The maximum absolute atomic E-state index is 12.2. The summed E-state index contributed by atoms with van der Waals surface area (Å²) in [4.78, 5) is 13.7. The summed E-state index contributed by atoms with van der Waals surface area (Å²) >= 11 is 0. The van der Waals surface area contributed by atoms with Gasteiger partial charge in [-0.05, 0) is 42.2 Å². The van der Waals surface area contributed by atoms with Gasteiger partial charge in [0.15, 0.2) is 5.58 Å². The quantitative estimate of drug-likeness (QED) is 0.715. The minimum absolute atomic E-state index is 0.0363. The average molecular weight is 346 g/mol. The van der Waals surface area contributed by atoms with E-state index in [0.29, 0.717) is 17.5 Å². The summed E-state index contributed by atoms with van der Waals surface area (Å²) in [5.41, 5.74) is 3.74. The van der Waals surface area contributed by atoms with Crippen LogP contribution in [-0.4, -0.2) is 19.9 Å². The molecule has 6 nitrogen and oxygen atoms in total. The summed E-state index contributed by atoms with van der Waals surface area (Å²) < 4.78 is 32.0. The van der Waals surface area contributed by atoms with Crippen LogP contribution in [0.2, 0.25) is 0 Å². The van der Waals surface area contributed by atoms with Crippen molar-refractivity contribution < 1.29 is 12.8 Å². The molecule has 2 aromatic carbocycles. The Morgan fingerprint density at radius 2 is 1.96 bits per heavy atom. The number of nitrogens with one attached hydrogen (secondary N) is 2. The molecule has 0 amide bonds. The van der Waals surface area contributed by atoms with Crippen LogP contribution < -0.4 is 10.5 Å². The Bertz CT molecular complexity index is 1020. The molecule has 1 heterocycles. The lowest BCUT2D eigenvalue weighted by Gasteiger charge is -2.09. The van der Waals surface area contributed by atoms with E-state index in [1.165, 1.54) is 0 Å². The first-order chi connectivity index (χ1) is 11.4. The van der Waals surface area contributed by atoms with Gasteiger partial charge in [0.05, 0.1) is 11.3 Å². The molecular weight excluding hydrogens is 328 g/mol. The van der Waals surface area contributed by atoms with Gasteiger partial charge in [-0.2, -0.15) is 0 Å². The van der Waals surface area contributed by atoms with Gasteiger partial charge in [0.2, 0.25) is 10.0 Å². The van der Waals surface area contributed by atoms with E-state index in [1.807, 2.05) is 37.3 Å². The van der Waals surface area contributed by atoms with Gasteiger partial charge in [-0.3, -0.25) is 4.98 Å². The first-order valence-corrected chi connectivity index (χ1v) is 9.22. The second-order valence-corrected chi connectivity index (χ2v) is 7.48. The normalized spacial score (nSPS) is 11.9. The van der Waals surface area contributed by atoms with Crippen molar-refractivity contribution in [3.63, 3.8) is 0 Å². The highest BCUT2D eigenvalue weighted by molar-refractivity contribution is 7.88. The van der Waals surface area contributed by atoms with E-state index in [9.17, 15) is 13.2 Å². The van der Waals surface area contributed by atoms with Crippen LogP contribution in [0.1, 0.15) is 16.7 Å². The Kier molecular flexibility index (Phi) is 4.55. The second-order valence-electron chi connectivity index (χ2n) is 5.67. The van der Waals surface area contributed by atoms with E-state index in [0.717, 1.165) is 16.7 Å². The van der Waals surface area contributed by atoms with Gasteiger partial charge in [-0.1, -0.05) is 30.3 Å². The zero-order valence-corrected chi connectivity index (χ0v) is 14.0. The molecule has 24 heavy (non-hydrogen) atoms. The number of hydrogen-bond acceptors (Lipinski definition) is 4. The van der Waals surface area contributed by atoms with E-state index in [-0.39, 0.29) is 12.3 Å². The number of aryl methyl sites for hydroxylation is 1. The monoisotopic (exact) mass is 346 g/mol. The molecule has 0 saturated carbocycles. The average Bonchev–Trinajstić information content (AvgIpc) is 2.88. The van der Waals surface area contributed by atoms with Crippen LogP contribution in [0.15, 0.2) is 51.7 Å². The van der Waals surface area contributed by atoms with Gasteiger partial charge in [0, 0.05) is 6.54 Å². The van der Waals surface area contributed by atoms with Crippen LogP contribution in [0.25, 0.3) is 11.1 Å². The molecule has 0 aliphatic heterocycles. The lowest BCUT2D eigenvalue weighted by atomic mass is 10.1. The summed E-state index contributed by atoms with van der Waals surface area (Å²) in [6.07, 6.45) is 0.512. The number of aromatic amines is 1. The second kappa shape index (κ2) is 6.62. The fourth-order valence-electron chi connectivity index (χ4n) is 2.52. The molecule has 0 radical (unpaired) electrons. The van der Waals surface area contributed by atoms with Crippen molar-refractivity contribution in [2.75, 3.05) is 6.54 Å². The molecule has 0 saturated heterocycles. The number of H-pyrrole nitrogens is 1. The molecule has 0 aliphatic carbocycles. The number of benzene rings is 2. The summed E-state index contributed by atoms with van der Waals surface area (Å²) in [6, 6.07) is 12.7. The van der Waals surface area contributed by atoms with E-state index in [4.69, 9.17) is 4.42 Å². The Hall–Kier alpha value is -2.38. The molecule has 0 unspecified atom stereocenters. The maximum Gasteiger partial charge on any atom is 0.417 e. The van der Waals surface area contributed by atoms with Gasteiger partial charge in [0.25, 0.3) is 0 Å². The predicted molar refractivity (Wildman–Crippen MR) is 92.3 cm³/mol. The first kappa shape index (κ1) is 16.5. The fourth-order valence-corrected chi connectivity index (χ4v) is 3.77. The Morgan fingerprint density at radius 3 is 2.75 bits per heavy atom. The van der Waals surface area contributed by atoms with Crippen molar-refractivity contribution in [2.24, 2.45) is 0 Å². The third kappa shape index (κ3) is 3.93. The molecule has 7 heteroatoms. The molecule has 0 spiro atoms. The van der Waals surface area contributed by atoms with Crippen molar-refractivity contribution in [3.05, 3.63) is 69.7 Å². The number of rotatable bonds is 6. The third-order valence-electron chi connectivity index (χ3n) is 3.83. The lowest BCUT2D eigenvalue weighted by Crippen LogP contribution is -2.27. The molecular formula is C17H18N2O4S. The number of fused-ring (bicyclic) bond motifs is 1. The number of aromatic nitrogens is 1. The standard InChI is InChI=1S/C17H18N2O4S/c1-12-4-2-3-5-14(12)11-24(21,22)18-9-8-13-6-7-15-16(10-13)23-17(20)19-15/h2-7,10,18H,8-9,11H2,1H3,(H,19,20). The highest BCUT2D eigenvalue weighted by Crippen LogP contribution is 2.13. The Balaban J connectivity index is 1.62. The largest absolute Gasteiger partial charge is 0.417 e. The molecule has 3 aromatic rings. The van der Waals surface area contributed by atoms with Crippen molar-refractivity contribution in [3.8, 4) is 0 Å². The van der Waals surface area contributed by atoms with Gasteiger partial charge in [0.1, 0.15) is 0 Å². The lowest BCUT2D eigenvalue weighted by molar-refractivity contribution is 0.555. The van der Waals surface area contributed by atoms with E-state index in [1.54, 1.807) is 12.1 Å². The molecule has 126 valence electrons. The van der Waals surface area contributed by atoms with Crippen LogP contribution in [0.3, 0.4) is 0 Å². The molecule has 0 bridgehead atoms. The Morgan fingerprint density at radius 1 is 1.17 bits per heavy atom. The van der Waals surface area contributed by atoms with Gasteiger partial charge >= 0.3 is 5.76 Å². The zero-order chi connectivity index (χ0) is 17.2. The van der Waals surface area contributed by atoms with Crippen LogP contribution in [0, 0.1) is 6.92 Å². The predicted octanol–water partition coefficient (Wildman–Crippen LogP) is 2.09. The van der Waals surface area contributed by atoms with Crippen LogP contribution in [-0.2, 0) is 22.2 Å². The van der Waals surface area contributed by atoms with Crippen LogP contribution in [0.4, 0.5) is 0 Å².